The van der Waals surface area contributed by atoms with Crippen LogP contribution in [0, 0.1) is 0 Å². The second kappa shape index (κ2) is 5.85. The Balaban J connectivity index is 1.66. The molecule has 3 heterocycles. The first-order valence-electron chi connectivity index (χ1n) is 9.19. The minimum Gasteiger partial charge on any atom is -0.352 e. The summed E-state index contributed by atoms with van der Waals surface area (Å²) < 4.78 is 2.11. The van der Waals surface area contributed by atoms with Gasteiger partial charge in [0, 0.05) is 36.3 Å². The maximum absolute atomic E-state index is 12.3. The molecule has 2 aromatic rings. The summed E-state index contributed by atoms with van der Waals surface area (Å²) in [6.45, 7) is 2.63. The first kappa shape index (κ1) is 14.9. The summed E-state index contributed by atoms with van der Waals surface area (Å²) in [7, 11) is 0. The number of rotatable bonds is 3. The van der Waals surface area contributed by atoms with Crippen molar-refractivity contribution >= 4 is 11.5 Å². The van der Waals surface area contributed by atoms with Crippen molar-refractivity contribution < 1.29 is 4.79 Å². The Morgan fingerprint density at radius 2 is 2.04 bits per heavy atom. The lowest BCUT2D eigenvalue weighted by Gasteiger charge is -2.23. The minimum absolute atomic E-state index is 0.0378. The van der Waals surface area contributed by atoms with Crippen molar-refractivity contribution in [2.75, 3.05) is 19.6 Å². The van der Waals surface area contributed by atoms with Crippen molar-refractivity contribution in [1.82, 2.24) is 20.2 Å². The first-order valence-corrected chi connectivity index (χ1v) is 9.19. The zero-order valence-corrected chi connectivity index (χ0v) is 14.2. The second-order valence-electron chi connectivity index (χ2n) is 7.20. The number of amides is 1. The molecule has 5 nitrogen and oxygen atoms in total. The van der Waals surface area contributed by atoms with E-state index in [0.29, 0.717) is 5.92 Å². The molecule has 128 valence electrons. The number of carbonyl (C=O) groups is 1. The third-order valence-electron chi connectivity index (χ3n) is 5.43. The van der Waals surface area contributed by atoms with Crippen molar-refractivity contribution in [3.63, 3.8) is 0 Å². The molecule has 25 heavy (non-hydrogen) atoms. The average Bonchev–Trinajstić information content (AvgIpc) is 3.39. The van der Waals surface area contributed by atoms with E-state index in [2.05, 4.69) is 44.6 Å². The predicted octanol–water partition coefficient (Wildman–Crippen LogP) is 2.41. The van der Waals surface area contributed by atoms with Crippen LogP contribution in [0.15, 0.2) is 30.7 Å². The quantitative estimate of drug-likeness (QED) is 0.906. The smallest absolute Gasteiger partial charge is 0.251 e. The highest BCUT2D eigenvalue weighted by Gasteiger charge is 2.27. The van der Waals surface area contributed by atoms with Gasteiger partial charge >= 0.3 is 0 Å². The number of imidazole rings is 1. The van der Waals surface area contributed by atoms with Gasteiger partial charge in [0.25, 0.3) is 5.91 Å². The predicted molar refractivity (Wildman–Crippen MR) is 97.0 cm³/mol. The monoisotopic (exact) mass is 334 g/mol. The van der Waals surface area contributed by atoms with Gasteiger partial charge in [0.2, 0.25) is 0 Å². The summed E-state index contributed by atoms with van der Waals surface area (Å²) in [6, 6.07) is 4.29. The molecule has 0 atom stereocenters. The Hall–Kier alpha value is -2.40. The van der Waals surface area contributed by atoms with Gasteiger partial charge in [-0.3, -0.25) is 4.79 Å². The molecule has 5 heteroatoms. The normalized spacial score (nSPS) is 20.0. The fourth-order valence-corrected chi connectivity index (χ4v) is 3.85. The van der Waals surface area contributed by atoms with Crippen molar-refractivity contribution in [3.8, 4) is 5.69 Å². The van der Waals surface area contributed by atoms with E-state index < -0.39 is 0 Å². The highest BCUT2D eigenvalue weighted by atomic mass is 16.1. The third-order valence-corrected chi connectivity index (χ3v) is 5.43. The Labute approximate surface area is 147 Å². The molecule has 1 amide bonds. The summed E-state index contributed by atoms with van der Waals surface area (Å²) in [5, 5.41) is 6.34. The molecule has 1 fully saturated rings. The zero-order chi connectivity index (χ0) is 16.8. The van der Waals surface area contributed by atoms with Crippen LogP contribution in [0.1, 0.15) is 52.4 Å². The molecular formula is C20H22N4O. The average molecular weight is 334 g/mol. The molecule has 0 saturated heterocycles. The van der Waals surface area contributed by atoms with E-state index in [1.807, 2.05) is 6.33 Å². The van der Waals surface area contributed by atoms with Crippen molar-refractivity contribution in [2.45, 2.75) is 31.6 Å². The van der Waals surface area contributed by atoms with Crippen LogP contribution in [-0.2, 0) is 6.42 Å². The summed E-state index contributed by atoms with van der Waals surface area (Å²) in [6.07, 6.45) is 10.7. The summed E-state index contributed by atoms with van der Waals surface area (Å²) in [4.78, 5) is 16.9. The molecular weight excluding hydrogens is 312 g/mol. The number of carbonyl (C=O) groups excluding carboxylic acids is 1. The lowest BCUT2D eigenvalue weighted by molar-refractivity contribution is 0.0946. The van der Waals surface area contributed by atoms with Crippen LogP contribution in [0.2, 0.25) is 0 Å². The number of hydrogen-bond donors (Lipinski definition) is 2. The van der Waals surface area contributed by atoms with Gasteiger partial charge in [-0.05, 0) is 55.5 Å². The zero-order valence-electron chi connectivity index (χ0n) is 14.2. The second-order valence-corrected chi connectivity index (χ2v) is 7.20. The van der Waals surface area contributed by atoms with Crippen molar-refractivity contribution in [2.24, 2.45) is 0 Å². The van der Waals surface area contributed by atoms with E-state index in [-0.39, 0.29) is 5.91 Å². The lowest BCUT2D eigenvalue weighted by Crippen LogP contribution is -2.32. The maximum Gasteiger partial charge on any atom is 0.251 e. The Bertz CT molecular complexity index is 876. The third kappa shape index (κ3) is 2.68. The van der Waals surface area contributed by atoms with Crippen LogP contribution in [0.3, 0.4) is 0 Å². The van der Waals surface area contributed by atoms with Crippen molar-refractivity contribution in [3.05, 3.63) is 53.1 Å². The number of nitrogens with zero attached hydrogens (tertiary/aromatic N) is 2. The van der Waals surface area contributed by atoms with Gasteiger partial charge in [0.1, 0.15) is 0 Å². The van der Waals surface area contributed by atoms with Gasteiger partial charge in [-0.2, -0.15) is 0 Å². The Morgan fingerprint density at radius 3 is 2.84 bits per heavy atom. The number of benzene rings is 1. The topological polar surface area (TPSA) is 59.0 Å². The molecule has 0 bridgehead atoms. The van der Waals surface area contributed by atoms with Gasteiger partial charge in [0.05, 0.1) is 17.7 Å². The fourth-order valence-electron chi connectivity index (χ4n) is 3.85. The maximum atomic E-state index is 12.3. The van der Waals surface area contributed by atoms with Crippen LogP contribution in [0.25, 0.3) is 11.3 Å². The molecule has 3 aliphatic rings. The SMILES string of the molecule is O=C1NCCc2cc(C3=CCNCC3)c(-n3cnc(C4CC4)c3)cc21. The number of aromatic nitrogens is 2. The molecule has 0 spiro atoms. The lowest BCUT2D eigenvalue weighted by atomic mass is 9.91. The van der Waals surface area contributed by atoms with Crippen LogP contribution in [-0.4, -0.2) is 35.1 Å². The van der Waals surface area contributed by atoms with Crippen LogP contribution < -0.4 is 10.6 Å². The molecule has 0 unspecified atom stereocenters. The van der Waals surface area contributed by atoms with E-state index in [1.54, 1.807) is 0 Å². The molecule has 2 N–H and O–H groups in total. The Morgan fingerprint density at radius 1 is 1.12 bits per heavy atom. The van der Waals surface area contributed by atoms with E-state index in [9.17, 15) is 4.79 Å². The summed E-state index contributed by atoms with van der Waals surface area (Å²) >= 11 is 0. The highest BCUT2D eigenvalue weighted by molar-refractivity contribution is 5.98. The van der Waals surface area contributed by atoms with E-state index >= 15 is 0 Å². The van der Waals surface area contributed by atoms with Gasteiger partial charge in [-0.1, -0.05) is 6.08 Å². The van der Waals surface area contributed by atoms with Gasteiger partial charge in [0.15, 0.2) is 0 Å². The summed E-state index contributed by atoms with van der Waals surface area (Å²) in [5.41, 5.74) is 6.82. The molecule has 0 radical (unpaired) electrons. The van der Waals surface area contributed by atoms with Crippen LogP contribution >= 0.6 is 0 Å². The standard InChI is InChI=1S/C20H22N4O/c25-20-17-10-19(24-11-18(23-12-24)14-1-2-14)16(9-15(17)5-8-22-20)13-3-6-21-7-4-13/h3,9-12,14,21H,1-2,4-8H2,(H,22,25). The molecule has 2 aliphatic heterocycles. The molecule has 1 aromatic heterocycles. The number of nitrogens with one attached hydrogen (secondary N) is 2. The Kier molecular flexibility index (Phi) is 3.48. The van der Waals surface area contributed by atoms with E-state index in [0.717, 1.165) is 49.3 Å². The minimum atomic E-state index is 0.0378. The number of fused-ring (bicyclic) bond motifs is 1. The largest absolute Gasteiger partial charge is 0.352 e. The van der Waals surface area contributed by atoms with Crippen LogP contribution in [0.4, 0.5) is 0 Å². The van der Waals surface area contributed by atoms with Crippen molar-refractivity contribution in [1.29, 1.82) is 0 Å². The number of hydrogen-bond acceptors (Lipinski definition) is 3. The van der Waals surface area contributed by atoms with Gasteiger partial charge < -0.3 is 15.2 Å². The van der Waals surface area contributed by atoms with Gasteiger partial charge in [-0.25, -0.2) is 4.98 Å². The van der Waals surface area contributed by atoms with E-state index in [1.165, 1.54) is 29.7 Å². The summed E-state index contributed by atoms with van der Waals surface area (Å²) in [5.74, 6) is 0.666. The molecule has 1 aromatic carbocycles. The highest BCUT2D eigenvalue weighted by Crippen LogP contribution is 2.39. The van der Waals surface area contributed by atoms with E-state index in [4.69, 9.17) is 0 Å². The molecule has 1 aliphatic carbocycles. The molecule has 5 rings (SSSR count). The first-order chi connectivity index (χ1) is 12.3. The molecule has 1 saturated carbocycles. The van der Waals surface area contributed by atoms with Gasteiger partial charge in [-0.15, -0.1) is 0 Å². The fraction of sp³-hybridized carbons (Fsp3) is 0.400. The van der Waals surface area contributed by atoms with Crippen LogP contribution in [0.5, 0.6) is 0 Å².